The van der Waals surface area contributed by atoms with E-state index in [9.17, 15) is 5.26 Å². The third kappa shape index (κ3) is 2.07. The second-order valence-electron chi connectivity index (χ2n) is 5.81. The number of aryl methyl sites for hydroxylation is 2. The summed E-state index contributed by atoms with van der Waals surface area (Å²) < 4.78 is 2.01. The number of hydrogen-bond donors (Lipinski definition) is 0. The van der Waals surface area contributed by atoms with E-state index in [1.807, 2.05) is 29.2 Å². The molecule has 0 amide bonds. The minimum atomic E-state index is 0.376. The Morgan fingerprint density at radius 1 is 1.33 bits per heavy atom. The summed E-state index contributed by atoms with van der Waals surface area (Å²) in [6.07, 6.45) is 8.14. The van der Waals surface area contributed by atoms with E-state index >= 15 is 0 Å². The highest BCUT2D eigenvalue weighted by Gasteiger charge is 2.28. The maximum absolute atomic E-state index is 9.43. The summed E-state index contributed by atoms with van der Waals surface area (Å²) >= 11 is 0. The van der Waals surface area contributed by atoms with Crippen molar-refractivity contribution in [2.45, 2.75) is 31.7 Å². The highest BCUT2D eigenvalue weighted by atomic mass is 15.3. The highest BCUT2D eigenvalue weighted by molar-refractivity contribution is 5.57. The zero-order valence-corrected chi connectivity index (χ0v) is 11.9. The summed E-state index contributed by atoms with van der Waals surface area (Å²) in [7, 11) is 0. The Morgan fingerprint density at radius 3 is 3.10 bits per heavy atom. The Bertz CT molecular complexity index is 698. The van der Waals surface area contributed by atoms with Crippen LogP contribution in [0, 0.1) is 11.3 Å². The van der Waals surface area contributed by atoms with Crippen LogP contribution >= 0.6 is 0 Å². The number of anilines is 1. The summed E-state index contributed by atoms with van der Waals surface area (Å²) in [5.41, 5.74) is 3.17. The first kappa shape index (κ1) is 12.4. The van der Waals surface area contributed by atoms with Gasteiger partial charge in [-0.3, -0.25) is 4.68 Å². The quantitative estimate of drug-likeness (QED) is 0.844. The summed E-state index contributed by atoms with van der Waals surface area (Å²) in [5.74, 6) is 0.868. The van der Waals surface area contributed by atoms with Crippen molar-refractivity contribution >= 4 is 5.82 Å². The average Bonchev–Trinajstić information content (AvgIpc) is 3.24. The van der Waals surface area contributed by atoms with Gasteiger partial charge in [0.05, 0.1) is 11.6 Å². The zero-order valence-electron chi connectivity index (χ0n) is 11.9. The molecule has 1 aliphatic heterocycles. The summed E-state index contributed by atoms with van der Waals surface area (Å²) in [5, 5.41) is 13.8. The van der Waals surface area contributed by atoms with Gasteiger partial charge in [0, 0.05) is 31.2 Å². The molecule has 1 saturated heterocycles. The van der Waals surface area contributed by atoms with Crippen LogP contribution in [0.4, 0.5) is 5.82 Å². The molecule has 106 valence electrons. The van der Waals surface area contributed by atoms with Gasteiger partial charge in [0.1, 0.15) is 11.9 Å². The van der Waals surface area contributed by atoms with E-state index in [4.69, 9.17) is 4.98 Å². The van der Waals surface area contributed by atoms with Gasteiger partial charge in [0.2, 0.25) is 0 Å². The number of aromatic nitrogens is 3. The normalized spacial score (nSPS) is 20.5. The minimum absolute atomic E-state index is 0.376. The predicted octanol–water partition coefficient (Wildman–Crippen LogP) is 2.09. The first-order valence-electron chi connectivity index (χ1n) is 7.52. The van der Waals surface area contributed by atoms with Crippen LogP contribution in [0.2, 0.25) is 0 Å². The van der Waals surface area contributed by atoms with Gasteiger partial charge in [-0.2, -0.15) is 10.4 Å². The van der Waals surface area contributed by atoms with E-state index in [1.54, 1.807) is 0 Å². The topological polar surface area (TPSA) is 57.7 Å². The molecule has 0 N–H and O–H groups in total. The molecule has 1 atom stereocenters. The molecule has 5 heteroatoms. The van der Waals surface area contributed by atoms with Gasteiger partial charge < -0.3 is 4.90 Å². The Morgan fingerprint density at radius 2 is 2.29 bits per heavy atom. The molecule has 3 heterocycles. The first-order valence-corrected chi connectivity index (χ1v) is 7.52. The molecule has 2 aromatic heterocycles. The number of hydrogen-bond acceptors (Lipinski definition) is 4. The van der Waals surface area contributed by atoms with Crippen molar-refractivity contribution in [1.82, 2.24) is 14.8 Å². The lowest BCUT2D eigenvalue weighted by Crippen LogP contribution is -2.23. The van der Waals surface area contributed by atoms with Crippen molar-refractivity contribution in [2.75, 3.05) is 18.0 Å². The fourth-order valence-electron chi connectivity index (χ4n) is 3.43. The second-order valence-corrected chi connectivity index (χ2v) is 5.81. The average molecular weight is 279 g/mol. The van der Waals surface area contributed by atoms with E-state index in [0.29, 0.717) is 6.04 Å². The maximum atomic E-state index is 9.43. The van der Waals surface area contributed by atoms with E-state index < -0.39 is 0 Å². The molecule has 0 spiro atoms. The predicted molar refractivity (Wildman–Crippen MR) is 79.1 cm³/mol. The van der Waals surface area contributed by atoms with Gasteiger partial charge in [0.25, 0.3) is 0 Å². The number of rotatable bonds is 2. The third-order valence-electron chi connectivity index (χ3n) is 4.51. The fraction of sp³-hybridized carbons (Fsp3) is 0.438. The smallest absolute Gasteiger partial charge is 0.146 e. The van der Waals surface area contributed by atoms with E-state index in [0.717, 1.165) is 50.2 Å². The molecule has 5 nitrogen and oxygen atoms in total. The molecule has 0 saturated carbocycles. The SMILES string of the molecule is N#Cc1cc2c(nc1N1CCC(n3cccn3)C1)CCC2. The lowest BCUT2D eigenvalue weighted by Gasteiger charge is -2.20. The van der Waals surface area contributed by atoms with Crippen molar-refractivity contribution in [1.29, 1.82) is 5.26 Å². The van der Waals surface area contributed by atoms with Crippen LogP contribution < -0.4 is 4.90 Å². The molecule has 1 aliphatic carbocycles. The lowest BCUT2D eigenvalue weighted by molar-refractivity contribution is 0.494. The van der Waals surface area contributed by atoms with Gasteiger partial charge >= 0.3 is 0 Å². The van der Waals surface area contributed by atoms with Crippen molar-refractivity contribution in [3.63, 3.8) is 0 Å². The van der Waals surface area contributed by atoms with Crippen molar-refractivity contribution in [3.05, 3.63) is 41.3 Å². The molecule has 0 radical (unpaired) electrons. The molecule has 0 bridgehead atoms. The van der Waals surface area contributed by atoms with Crippen LogP contribution in [-0.4, -0.2) is 27.9 Å². The van der Waals surface area contributed by atoms with Gasteiger partial charge in [-0.15, -0.1) is 0 Å². The molecule has 21 heavy (non-hydrogen) atoms. The Kier molecular flexibility index (Phi) is 2.88. The van der Waals surface area contributed by atoms with Gasteiger partial charge in [-0.05, 0) is 43.4 Å². The number of nitrogens with zero attached hydrogens (tertiary/aromatic N) is 5. The molecule has 4 rings (SSSR count). The van der Waals surface area contributed by atoms with Gasteiger partial charge in [-0.25, -0.2) is 4.98 Å². The lowest BCUT2D eigenvalue weighted by atomic mass is 10.1. The largest absolute Gasteiger partial charge is 0.353 e. The van der Waals surface area contributed by atoms with Crippen molar-refractivity contribution in [3.8, 4) is 6.07 Å². The first-order chi connectivity index (χ1) is 10.3. The van der Waals surface area contributed by atoms with E-state index in [1.165, 1.54) is 11.3 Å². The maximum Gasteiger partial charge on any atom is 0.146 e. The molecule has 0 aromatic carbocycles. The summed E-state index contributed by atoms with van der Waals surface area (Å²) in [4.78, 5) is 7.04. The van der Waals surface area contributed by atoms with Gasteiger partial charge in [0.15, 0.2) is 0 Å². The van der Waals surface area contributed by atoms with Crippen LogP contribution in [-0.2, 0) is 12.8 Å². The molecular weight excluding hydrogens is 262 g/mol. The van der Waals surface area contributed by atoms with E-state index in [-0.39, 0.29) is 0 Å². The number of nitriles is 1. The minimum Gasteiger partial charge on any atom is -0.353 e. The van der Waals surface area contributed by atoms with Crippen LogP contribution in [0.25, 0.3) is 0 Å². The highest BCUT2D eigenvalue weighted by Crippen LogP contribution is 2.31. The molecule has 1 unspecified atom stereocenters. The molecular formula is C16H17N5. The van der Waals surface area contributed by atoms with Crippen molar-refractivity contribution in [2.24, 2.45) is 0 Å². The summed E-state index contributed by atoms with van der Waals surface area (Å²) in [6.45, 7) is 1.81. The van der Waals surface area contributed by atoms with E-state index in [2.05, 4.69) is 16.1 Å². The Balaban J connectivity index is 1.64. The second kappa shape index (κ2) is 4.88. The van der Waals surface area contributed by atoms with Gasteiger partial charge in [-0.1, -0.05) is 0 Å². The molecule has 2 aliphatic rings. The van der Waals surface area contributed by atoms with Crippen LogP contribution in [0.15, 0.2) is 24.5 Å². The van der Waals surface area contributed by atoms with Crippen LogP contribution in [0.3, 0.4) is 0 Å². The van der Waals surface area contributed by atoms with Crippen LogP contribution in [0.5, 0.6) is 0 Å². The standard InChI is InChI=1S/C16H17N5/c17-10-13-9-12-3-1-4-15(12)19-16(13)20-8-5-14(11-20)21-7-2-6-18-21/h2,6-7,9,14H,1,3-5,8,11H2. The Hall–Kier alpha value is -2.35. The number of fused-ring (bicyclic) bond motifs is 1. The van der Waals surface area contributed by atoms with Crippen molar-refractivity contribution < 1.29 is 0 Å². The third-order valence-corrected chi connectivity index (χ3v) is 4.51. The fourth-order valence-corrected chi connectivity index (χ4v) is 3.43. The number of pyridine rings is 1. The Labute approximate surface area is 123 Å². The van der Waals surface area contributed by atoms with Crippen LogP contribution in [0.1, 0.15) is 35.7 Å². The molecule has 1 fully saturated rings. The summed E-state index contributed by atoms with van der Waals surface area (Å²) in [6, 6.07) is 6.70. The molecule has 2 aromatic rings. The zero-order chi connectivity index (χ0) is 14.2. The monoisotopic (exact) mass is 279 g/mol.